The van der Waals surface area contributed by atoms with Crippen LogP contribution in [0.2, 0.25) is 0 Å². The molecule has 0 aliphatic carbocycles. The minimum absolute atomic E-state index is 0.385. The van der Waals surface area contributed by atoms with Crippen LogP contribution in [-0.4, -0.2) is 31.5 Å². The Balaban J connectivity index is 1.65. The van der Waals surface area contributed by atoms with E-state index in [1.54, 1.807) is 0 Å². The zero-order chi connectivity index (χ0) is 11.0. The average Bonchev–Trinajstić information content (AvgIpc) is 2.94. The molecular weight excluding hydrogens is 204 g/mol. The van der Waals surface area contributed by atoms with Crippen LogP contribution in [0.15, 0.2) is 0 Å². The Morgan fingerprint density at radius 1 is 1.25 bits per heavy atom. The number of hydrazine groups is 1. The maximum Gasteiger partial charge on any atom is 0.0624 e. The molecule has 5 unspecified atom stereocenters. The average molecular weight is 226 g/mol. The first-order valence-electron chi connectivity index (χ1n) is 6.58. The van der Waals surface area contributed by atoms with Crippen molar-refractivity contribution >= 4 is 0 Å². The van der Waals surface area contributed by atoms with Gasteiger partial charge in [0.25, 0.3) is 0 Å². The fourth-order valence-corrected chi connectivity index (χ4v) is 3.71. The van der Waals surface area contributed by atoms with E-state index < -0.39 is 0 Å². The molecule has 3 aliphatic heterocycles. The predicted molar refractivity (Wildman–Crippen MR) is 60.7 cm³/mol. The fraction of sp³-hybridized carbons (Fsp3) is 1.00. The van der Waals surface area contributed by atoms with Crippen molar-refractivity contribution in [3.05, 3.63) is 0 Å². The first-order valence-corrected chi connectivity index (χ1v) is 6.58. The molecule has 3 heterocycles. The zero-order valence-electron chi connectivity index (χ0n) is 9.73. The van der Waals surface area contributed by atoms with Gasteiger partial charge in [-0.25, -0.2) is 0 Å². The molecule has 0 spiro atoms. The summed E-state index contributed by atoms with van der Waals surface area (Å²) in [6.07, 6.45) is 7.03. The summed E-state index contributed by atoms with van der Waals surface area (Å²) >= 11 is 0. The number of rotatable bonds is 3. The summed E-state index contributed by atoms with van der Waals surface area (Å²) in [7, 11) is 0. The minimum atomic E-state index is 0.385. The summed E-state index contributed by atoms with van der Waals surface area (Å²) in [6.45, 7) is 1.78. The van der Waals surface area contributed by atoms with Gasteiger partial charge in [-0.2, -0.15) is 0 Å². The van der Waals surface area contributed by atoms with Crippen molar-refractivity contribution in [3.8, 4) is 0 Å². The van der Waals surface area contributed by atoms with Gasteiger partial charge in [-0.1, -0.05) is 0 Å². The number of nitrogens with one attached hydrogen (secondary N) is 1. The topological polar surface area (TPSA) is 56.5 Å². The van der Waals surface area contributed by atoms with Crippen molar-refractivity contribution in [2.24, 2.45) is 17.7 Å². The van der Waals surface area contributed by atoms with E-state index in [-0.39, 0.29) is 0 Å². The third kappa shape index (κ3) is 1.88. The fourth-order valence-electron chi connectivity index (χ4n) is 3.71. The van der Waals surface area contributed by atoms with Gasteiger partial charge in [0.15, 0.2) is 0 Å². The largest absolute Gasteiger partial charge is 0.381 e. The summed E-state index contributed by atoms with van der Waals surface area (Å²) in [6, 6.07) is 0.385. The quantitative estimate of drug-likeness (QED) is 0.552. The molecule has 0 aromatic heterocycles. The van der Waals surface area contributed by atoms with Crippen molar-refractivity contribution in [2.75, 3.05) is 13.2 Å². The second-order valence-corrected chi connectivity index (χ2v) is 5.44. The lowest BCUT2D eigenvalue weighted by atomic mass is 9.77. The highest BCUT2D eigenvalue weighted by atomic mass is 16.5. The van der Waals surface area contributed by atoms with Gasteiger partial charge in [0.1, 0.15) is 0 Å². The maximum atomic E-state index is 5.92. The van der Waals surface area contributed by atoms with E-state index in [2.05, 4.69) is 5.43 Å². The van der Waals surface area contributed by atoms with Gasteiger partial charge in [0, 0.05) is 18.6 Å². The first kappa shape index (κ1) is 11.0. The molecule has 3 fully saturated rings. The lowest BCUT2D eigenvalue weighted by Gasteiger charge is -2.36. The summed E-state index contributed by atoms with van der Waals surface area (Å²) < 4.78 is 11.5. The van der Waals surface area contributed by atoms with E-state index in [9.17, 15) is 0 Å². The monoisotopic (exact) mass is 226 g/mol. The van der Waals surface area contributed by atoms with Crippen LogP contribution in [0.5, 0.6) is 0 Å². The molecule has 0 aromatic rings. The van der Waals surface area contributed by atoms with Crippen LogP contribution in [-0.2, 0) is 9.47 Å². The van der Waals surface area contributed by atoms with Crippen LogP contribution in [0.3, 0.4) is 0 Å². The minimum Gasteiger partial charge on any atom is -0.381 e. The lowest BCUT2D eigenvalue weighted by Crippen LogP contribution is -2.51. The number of hydrogen-bond donors (Lipinski definition) is 2. The van der Waals surface area contributed by atoms with Gasteiger partial charge in [-0.15, -0.1) is 0 Å². The summed E-state index contributed by atoms with van der Waals surface area (Å²) in [5.41, 5.74) is 3.04. The van der Waals surface area contributed by atoms with Gasteiger partial charge in [-0.05, 0) is 38.0 Å². The molecule has 3 rings (SSSR count). The number of hydrogen-bond acceptors (Lipinski definition) is 4. The Morgan fingerprint density at radius 2 is 2.19 bits per heavy atom. The van der Waals surface area contributed by atoms with Crippen molar-refractivity contribution in [1.82, 2.24) is 5.43 Å². The Labute approximate surface area is 96.8 Å². The van der Waals surface area contributed by atoms with Crippen molar-refractivity contribution in [1.29, 1.82) is 0 Å². The van der Waals surface area contributed by atoms with Crippen LogP contribution in [0.1, 0.15) is 32.1 Å². The van der Waals surface area contributed by atoms with Crippen LogP contribution in [0.25, 0.3) is 0 Å². The van der Waals surface area contributed by atoms with Gasteiger partial charge in [0.05, 0.1) is 18.8 Å². The molecule has 4 nitrogen and oxygen atoms in total. The Bertz CT molecular complexity index is 243. The highest BCUT2D eigenvalue weighted by Gasteiger charge is 2.46. The van der Waals surface area contributed by atoms with Gasteiger partial charge in [-0.3, -0.25) is 11.3 Å². The van der Waals surface area contributed by atoms with Crippen LogP contribution >= 0.6 is 0 Å². The highest BCUT2D eigenvalue weighted by molar-refractivity contribution is 4.97. The van der Waals surface area contributed by atoms with Gasteiger partial charge in [0.2, 0.25) is 0 Å². The molecular formula is C12H22N2O2. The van der Waals surface area contributed by atoms with Gasteiger partial charge < -0.3 is 9.47 Å². The second kappa shape index (κ2) is 4.61. The molecule has 2 bridgehead atoms. The van der Waals surface area contributed by atoms with E-state index in [4.69, 9.17) is 15.3 Å². The van der Waals surface area contributed by atoms with Crippen molar-refractivity contribution < 1.29 is 9.47 Å². The molecule has 92 valence electrons. The number of nitrogens with two attached hydrogens (primary N) is 1. The molecule has 3 aliphatic rings. The zero-order valence-corrected chi connectivity index (χ0v) is 9.73. The molecule has 3 saturated heterocycles. The van der Waals surface area contributed by atoms with Crippen LogP contribution in [0.4, 0.5) is 0 Å². The SMILES string of the molecule is NNC(C1CCCOC1)C1CC2CCC1O2. The van der Waals surface area contributed by atoms with E-state index in [1.807, 2.05) is 0 Å². The molecule has 0 amide bonds. The van der Waals surface area contributed by atoms with Crippen LogP contribution in [0, 0.1) is 11.8 Å². The molecule has 0 radical (unpaired) electrons. The van der Waals surface area contributed by atoms with Gasteiger partial charge >= 0.3 is 0 Å². The van der Waals surface area contributed by atoms with E-state index in [1.165, 1.54) is 32.1 Å². The van der Waals surface area contributed by atoms with E-state index in [0.29, 0.717) is 30.1 Å². The molecule has 4 heteroatoms. The van der Waals surface area contributed by atoms with E-state index >= 15 is 0 Å². The molecule has 0 saturated carbocycles. The number of fused-ring (bicyclic) bond motifs is 2. The van der Waals surface area contributed by atoms with E-state index in [0.717, 1.165) is 13.2 Å². The normalized spacial score (nSPS) is 44.8. The summed E-state index contributed by atoms with van der Waals surface area (Å²) in [5.74, 6) is 6.94. The Hall–Kier alpha value is -0.160. The predicted octanol–water partition coefficient (Wildman–Crippen LogP) is 0.812. The summed E-state index contributed by atoms with van der Waals surface area (Å²) in [5, 5.41) is 0. The number of ether oxygens (including phenoxy) is 2. The third-order valence-electron chi connectivity index (χ3n) is 4.51. The Kier molecular flexibility index (Phi) is 3.16. The van der Waals surface area contributed by atoms with Crippen molar-refractivity contribution in [2.45, 2.75) is 50.4 Å². The highest BCUT2D eigenvalue weighted by Crippen LogP contribution is 2.42. The Morgan fingerprint density at radius 3 is 2.75 bits per heavy atom. The first-order chi connectivity index (χ1) is 7.88. The summed E-state index contributed by atoms with van der Waals surface area (Å²) in [4.78, 5) is 0. The lowest BCUT2D eigenvalue weighted by molar-refractivity contribution is 0.0169. The van der Waals surface area contributed by atoms with Crippen molar-refractivity contribution in [3.63, 3.8) is 0 Å². The molecule has 3 N–H and O–H groups in total. The van der Waals surface area contributed by atoms with Crippen LogP contribution < -0.4 is 11.3 Å². The third-order valence-corrected chi connectivity index (χ3v) is 4.51. The smallest absolute Gasteiger partial charge is 0.0624 e. The molecule has 5 atom stereocenters. The molecule has 16 heavy (non-hydrogen) atoms. The maximum absolute atomic E-state index is 5.92. The standard InChI is InChI=1S/C12H22N2O2/c13-14-12(8-2-1-5-15-7-8)10-6-9-3-4-11(10)16-9/h8-12,14H,1-7,13H2. The second-order valence-electron chi connectivity index (χ2n) is 5.44. The molecule has 0 aromatic carbocycles.